The zero-order valence-electron chi connectivity index (χ0n) is 19.0. The van der Waals surface area contributed by atoms with Crippen molar-refractivity contribution in [3.63, 3.8) is 0 Å². The number of allylic oxidation sites excluding steroid dienone is 1. The van der Waals surface area contributed by atoms with Crippen LogP contribution >= 0.6 is 0 Å². The number of nitrogens with one attached hydrogen (secondary N) is 2. The van der Waals surface area contributed by atoms with E-state index in [9.17, 15) is 14.4 Å². The predicted octanol–water partition coefficient (Wildman–Crippen LogP) is 4.47. The number of carboxylic acid groups (broad SMARTS) is 1. The van der Waals surface area contributed by atoms with Gasteiger partial charge in [-0.25, -0.2) is 9.59 Å². The van der Waals surface area contributed by atoms with Crippen LogP contribution in [0.4, 0.5) is 4.79 Å². The van der Waals surface area contributed by atoms with Crippen LogP contribution in [0.5, 0.6) is 0 Å². The van der Waals surface area contributed by atoms with Gasteiger partial charge in [0.2, 0.25) is 11.7 Å². The third-order valence-corrected chi connectivity index (χ3v) is 5.92. The number of rotatable bonds is 10. The molecule has 1 heterocycles. The third-order valence-electron chi connectivity index (χ3n) is 5.92. The lowest BCUT2D eigenvalue weighted by molar-refractivity contribution is -0.123. The maximum absolute atomic E-state index is 12.7. The Morgan fingerprint density at radius 3 is 2.29 bits per heavy atom. The van der Waals surface area contributed by atoms with E-state index < -0.39 is 24.0 Å². The van der Waals surface area contributed by atoms with E-state index in [4.69, 9.17) is 14.3 Å². The van der Waals surface area contributed by atoms with E-state index in [-0.39, 0.29) is 24.8 Å². The van der Waals surface area contributed by atoms with Gasteiger partial charge in [0.1, 0.15) is 18.4 Å². The van der Waals surface area contributed by atoms with Crippen LogP contribution in [0, 0.1) is 0 Å². The minimum Gasteiger partial charge on any atom is -0.475 e. The van der Waals surface area contributed by atoms with Gasteiger partial charge < -0.3 is 24.9 Å². The van der Waals surface area contributed by atoms with E-state index in [0.29, 0.717) is 18.6 Å². The van der Waals surface area contributed by atoms with Gasteiger partial charge in [-0.3, -0.25) is 4.79 Å². The van der Waals surface area contributed by atoms with E-state index >= 15 is 0 Å². The Morgan fingerprint density at radius 2 is 1.69 bits per heavy atom. The van der Waals surface area contributed by atoms with Gasteiger partial charge in [-0.15, -0.1) is 6.58 Å². The van der Waals surface area contributed by atoms with Crippen LogP contribution in [0.1, 0.15) is 46.2 Å². The molecule has 0 radical (unpaired) electrons. The molecule has 180 valence electrons. The molecule has 8 nitrogen and oxygen atoms in total. The fourth-order valence-corrected chi connectivity index (χ4v) is 4.22. The largest absolute Gasteiger partial charge is 0.475 e. The second kappa shape index (κ2) is 10.7. The van der Waals surface area contributed by atoms with E-state index in [0.717, 1.165) is 22.3 Å². The first-order valence-electron chi connectivity index (χ1n) is 11.3. The molecule has 2 aromatic carbocycles. The summed E-state index contributed by atoms with van der Waals surface area (Å²) in [6.45, 7) is 3.80. The fourth-order valence-electron chi connectivity index (χ4n) is 4.22. The van der Waals surface area contributed by atoms with Crippen LogP contribution in [-0.4, -0.2) is 35.7 Å². The summed E-state index contributed by atoms with van der Waals surface area (Å²) >= 11 is 0. The molecule has 0 aliphatic heterocycles. The van der Waals surface area contributed by atoms with Crippen molar-refractivity contribution >= 4 is 18.0 Å². The maximum Gasteiger partial charge on any atom is 0.407 e. The lowest BCUT2D eigenvalue weighted by Gasteiger charge is -2.19. The van der Waals surface area contributed by atoms with Crippen molar-refractivity contribution in [1.82, 2.24) is 10.6 Å². The molecule has 0 fully saturated rings. The monoisotopic (exact) mass is 474 g/mol. The highest BCUT2D eigenvalue weighted by Crippen LogP contribution is 2.44. The van der Waals surface area contributed by atoms with Crippen LogP contribution < -0.4 is 10.6 Å². The summed E-state index contributed by atoms with van der Waals surface area (Å²) < 4.78 is 10.7. The molecule has 1 aromatic heterocycles. The van der Waals surface area contributed by atoms with Crippen LogP contribution in [-0.2, 0) is 16.1 Å². The van der Waals surface area contributed by atoms with Crippen molar-refractivity contribution in [1.29, 1.82) is 0 Å². The number of carbonyl (C=O) groups excluding carboxylic acids is 2. The van der Waals surface area contributed by atoms with Gasteiger partial charge in [0.15, 0.2) is 0 Å². The number of hydrogen-bond acceptors (Lipinski definition) is 5. The number of alkyl carbamates (subject to hydrolysis) is 1. The highest BCUT2D eigenvalue weighted by Gasteiger charge is 2.29. The van der Waals surface area contributed by atoms with Gasteiger partial charge in [-0.1, -0.05) is 54.6 Å². The van der Waals surface area contributed by atoms with E-state index in [1.54, 1.807) is 6.08 Å². The van der Waals surface area contributed by atoms with Crippen molar-refractivity contribution < 1.29 is 28.6 Å². The Labute approximate surface area is 202 Å². The van der Waals surface area contributed by atoms with Crippen molar-refractivity contribution in [3.8, 4) is 11.1 Å². The van der Waals surface area contributed by atoms with Crippen LogP contribution in [0.25, 0.3) is 11.1 Å². The molecule has 35 heavy (non-hydrogen) atoms. The molecule has 0 bridgehead atoms. The van der Waals surface area contributed by atoms with E-state index in [1.165, 1.54) is 12.1 Å². The molecular weight excluding hydrogens is 448 g/mol. The average Bonchev–Trinajstić information content (AvgIpc) is 3.47. The summed E-state index contributed by atoms with van der Waals surface area (Å²) in [5.41, 5.74) is 4.46. The zero-order valence-corrected chi connectivity index (χ0v) is 19.0. The summed E-state index contributed by atoms with van der Waals surface area (Å²) in [7, 11) is 0. The number of carbonyl (C=O) groups is 3. The molecular formula is C27H26N2O6. The maximum atomic E-state index is 12.7. The van der Waals surface area contributed by atoms with E-state index in [1.807, 2.05) is 36.4 Å². The number of ether oxygens (including phenoxy) is 1. The van der Waals surface area contributed by atoms with Gasteiger partial charge >= 0.3 is 12.1 Å². The number of hydrogen-bond donors (Lipinski definition) is 3. The first kappa shape index (κ1) is 23.8. The lowest BCUT2D eigenvalue weighted by Crippen LogP contribution is -2.46. The Kier molecular flexibility index (Phi) is 7.30. The Morgan fingerprint density at radius 1 is 1.03 bits per heavy atom. The number of carboxylic acids is 1. The van der Waals surface area contributed by atoms with Gasteiger partial charge in [-0.2, -0.15) is 0 Å². The summed E-state index contributed by atoms with van der Waals surface area (Å²) in [6.07, 6.45) is 1.80. The third kappa shape index (κ3) is 5.43. The smallest absolute Gasteiger partial charge is 0.407 e. The molecule has 4 rings (SSSR count). The number of amides is 2. The first-order chi connectivity index (χ1) is 17.0. The molecule has 1 aliphatic carbocycles. The average molecular weight is 475 g/mol. The highest BCUT2D eigenvalue weighted by atomic mass is 16.5. The Hall–Kier alpha value is -4.33. The number of benzene rings is 2. The van der Waals surface area contributed by atoms with Gasteiger partial charge in [0.05, 0.1) is 6.54 Å². The van der Waals surface area contributed by atoms with Gasteiger partial charge in [-0.05, 0) is 47.2 Å². The molecule has 2 amide bonds. The van der Waals surface area contributed by atoms with Crippen molar-refractivity contribution in [2.75, 3.05) is 6.61 Å². The molecule has 1 aliphatic rings. The molecule has 0 spiro atoms. The minimum absolute atomic E-state index is 0.0108. The lowest BCUT2D eigenvalue weighted by atomic mass is 9.98. The first-order valence-corrected chi connectivity index (χ1v) is 11.3. The quantitative estimate of drug-likeness (QED) is 0.373. The number of aromatic carboxylic acids is 1. The molecule has 3 N–H and O–H groups in total. The molecule has 0 saturated carbocycles. The second-order valence-electron chi connectivity index (χ2n) is 8.18. The van der Waals surface area contributed by atoms with Crippen LogP contribution in [0.2, 0.25) is 0 Å². The molecule has 8 heteroatoms. The Bertz CT molecular complexity index is 1200. The topological polar surface area (TPSA) is 118 Å². The van der Waals surface area contributed by atoms with Crippen molar-refractivity contribution in [2.24, 2.45) is 0 Å². The zero-order chi connectivity index (χ0) is 24.8. The normalized spacial score (nSPS) is 12.8. The molecule has 1 atom stereocenters. The highest BCUT2D eigenvalue weighted by molar-refractivity contribution is 5.86. The Balaban J connectivity index is 1.36. The number of furan rings is 1. The summed E-state index contributed by atoms with van der Waals surface area (Å²) in [4.78, 5) is 36.3. The second-order valence-corrected chi connectivity index (χ2v) is 8.18. The van der Waals surface area contributed by atoms with E-state index in [2.05, 4.69) is 29.3 Å². The minimum atomic E-state index is -1.19. The van der Waals surface area contributed by atoms with Crippen molar-refractivity contribution in [2.45, 2.75) is 31.3 Å². The van der Waals surface area contributed by atoms with Gasteiger partial charge in [0, 0.05) is 5.92 Å². The number of fused-ring (bicyclic) bond motifs is 3. The van der Waals surface area contributed by atoms with Gasteiger partial charge in [0.25, 0.3) is 0 Å². The summed E-state index contributed by atoms with van der Waals surface area (Å²) in [5.74, 6) is -1.64. The fraction of sp³-hybridized carbons (Fsp3) is 0.222. The summed E-state index contributed by atoms with van der Waals surface area (Å²) in [5, 5.41) is 14.2. The molecule has 0 saturated heterocycles. The summed E-state index contributed by atoms with van der Waals surface area (Å²) in [6, 6.07) is 18.0. The molecule has 3 aromatic rings. The standard InChI is InChI=1S/C27H26N2O6/c1-2-3-12-23(25(30)28-15-17-13-14-24(35-17)26(31)32)29-27(33)34-16-22-20-10-6-4-8-18(20)19-9-5-7-11-21(19)22/h2,4-11,13-14,22-23H,1,3,12,15-16H2,(H,28,30)(H,29,33)(H,31,32). The predicted molar refractivity (Wildman–Crippen MR) is 129 cm³/mol. The SMILES string of the molecule is C=CCCC(NC(=O)OCC1c2ccccc2-c2ccccc21)C(=O)NCc1ccc(C(=O)O)o1. The van der Waals surface area contributed by atoms with Crippen molar-refractivity contribution in [3.05, 3.63) is 96.0 Å². The molecule has 1 unspecified atom stereocenters. The van der Waals surface area contributed by atoms with Crippen LogP contribution in [0.3, 0.4) is 0 Å². The van der Waals surface area contributed by atoms with Crippen LogP contribution in [0.15, 0.2) is 77.7 Å².